The molecule has 0 atom stereocenters. The van der Waals surface area contributed by atoms with Crippen LogP contribution >= 0.6 is 0 Å². The third-order valence-corrected chi connectivity index (χ3v) is 11.2. The van der Waals surface area contributed by atoms with Gasteiger partial charge in [0, 0.05) is 32.9 Å². The first-order valence-electron chi connectivity index (χ1n) is 18.1. The molecule has 53 heavy (non-hydrogen) atoms. The number of hydrogen-bond donors (Lipinski definition) is 0. The predicted molar refractivity (Wildman–Crippen MR) is 223 cm³/mol. The molecule has 0 fully saturated rings. The molecule has 0 spiro atoms. The maximum atomic E-state index is 6.68. The Morgan fingerprint density at radius 3 is 1.70 bits per heavy atom. The number of rotatable bonds is 3. The fourth-order valence-corrected chi connectivity index (χ4v) is 8.69. The van der Waals surface area contributed by atoms with Gasteiger partial charge in [0.15, 0.2) is 5.58 Å². The van der Waals surface area contributed by atoms with E-state index >= 15 is 0 Å². The lowest BCUT2D eigenvalue weighted by atomic mass is 9.96. The normalized spacial score (nSPS) is 12.2. The number of fused-ring (bicyclic) bond motifs is 14. The second-order valence-electron chi connectivity index (χ2n) is 14.1. The quantitative estimate of drug-likeness (QED) is 0.175. The van der Waals surface area contributed by atoms with E-state index in [-0.39, 0.29) is 0 Å². The van der Waals surface area contributed by atoms with Gasteiger partial charge in [0.2, 0.25) is 0 Å². The first-order valence-corrected chi connectivity index (χ1v) is 18.1. The molecule has 12 rings (SSSR count). The monoisotopic (exact) mass is 675 g/mol. The van der Waals surface area contributed by atoms with Gasteiger partial charge in [-0.3, -0.25) is 0 Å². The maximum Gasteiger partial charge on any atom is 0.159 e. The summed E-state index contributed by atoms with van der Waals surface area (Å²) in [6.45, 7) is 0. The lowest BCUT2D eigenvalue weighted by molar-refractivity contribution is 0.669. The molecular weight excluding hydrogens is 647 g/mol. The fraction of sp³-hybridized carbons (Fsp3) is 0. The van der Waals surface area contributed by atoms with Crippen LogP contribution in [0.1, 0.15) is 0 Å². The summed E-state index contributed by atoms with van der Waals surface area (Å²) >= 11 is 0. The van der Waals surface area contributed by atoms with E-state index in [0.29, 0.717) is 0 Å². The molecule has 0 aliphatic rings. The molecule has 0 aliphatic carbocycles. The van der Waals surface area contributed by atoms with Gasteiger partial charge in [-0.2, -0.15) is 0 Å². The SMILES string of the molecule is c1ccc2c(c1)ccc1c3ccc(N(c4ccc5ccc6cc7oc8ccccc8c7cc6c5c4)c4cccc5c4oc4ccccc45)cc3ccc21. The van der Waals surface area contributed by atoms with E-state index in [0.717, 1.165) is 66.3 Å². The van der Waals surface area contributed by atoms with Crippen LogP contribution < -0.4 is 4.90 Å². The Labute approximate surface area is 303 Å². The average Bonchev–Trinajstić information content (AvgIpc) is 3.78. The van der Waals surface area contributed by atoms with Crippen molar-refractivity contribution in [2.24, 2.45) is 0 Å². The van der Waals surface area contributed by atoms with Crippen molar-refractivity contribution in [1.29, 1.82) is 0 Å². The van der Waals surface area contributed by atoms with E-state index in [1.807, 2.05) is 18.2 Å². The van der Waals surface area contributed by atoms with E-state index in [2.05, 4.69) is 163 Å². The first kappa shape index (κ1) is 28.6. The molecule has 0 saturated carbocycles. The summed E-state index contributed by atoms with van der Waals surface area (Å²) in [5.74, 6) is 0. The van der Waals surface area contributed by atoms with E-state index in [9.17, 15) is 0 Å². The van der Waals surface area contributed by atoms with E-state index in [4.69, 9.17) is 8.83 Å². The van der Waals surface area contributed by atoms with Gasteiger partial charge >= 0.3 is 0 Å². The van der Waals surface area contributed by atoms with Crippen molar-refractivity contribution in [3.8, 4) is 0 Å². The predicted octanol–water partition coefficient (Wildman–Crippen LogP) is 14.7. The van der Waals surface area contributed by atoms with E-state index in [1.165, 1.54) is 48.5 Å². The van der Waals surface area contributed by atoms with Crippen molar-refractivity contribution in [2.75, 3.05) is 4.90 Å². The van der Waals surface area contributed by atoms with Crippen LogP contribution in [0.15, 0.2) is 185 Å². The van der Waals surface area contributed by atoms with Crippen LogP contribution in [0.3, 0.4) is 0 Å². The molecule has 246 valence electrons. The van der Waals surface area contributed by atoms with E-state index < -0.39 is 0 Å². The van der Waals surface area contributed by atoms with Crippen molar-refractivity contribution < 1.29 is 8.83 Å². The number of para-hydroxylation sites is 3. The van der Waals surface area contributed by atoms with Crippen molar-refractivity contribution in [3.05, 3.63) is 176 Å². The Bertz CT molecular complexity index is 3480. The minimum atomic E-state index is 0.864. The third kappa shape index (κ3) is 4.16. The number of benzene rings is 10. The molecule has 3 nitrogen and oxygen atoms in total. The highest BCUT2D eigenvalue weighted by Gasteiger charge is 2.21. The zero-order valence-electron chi connectivity index (χ0n) is 28.5. The molecule has 0 unspecified atom stereocenters. The summed E-state index contributed by atoms with van der Waals surface area (Å²) in [5, 5.41) is 16.7. The largest absolute Gasteiger partial charge is 0.456 e. The smallest absolute Gasteiger partial charge is 0.159 e. The van der Waals surface area contributed by atoms with Gasteiger partial charge in [-0.15, -0.1) is 0 Å². The molecule has 3 heteroatoms. The molecule has 0 aliphatic heterocycles. The molecule has 10 aromatic carbocycles. The maximum absolute atomic E-state index is 6.68. The standard InChI is InChI=1S/C50H29NO2/c1-2-9-36-30(8-1)19-23-39-37-25-22-34(26-32(37)20-24-38(36)39)51(46-13-7-12-42-40-10-3-6-15-48(40)53-50(42)46)35-21-18-31-16-17-33-27-49-45(29-44(33)43(31)28-35)41-11-4-5-14-47(41)52-49/h1-29H. The Kier molecular flexibility index (Phi) is 5.77. The minimum Gasteiger partial charge on any atom is -0.456 e. The van der Waals surface area contributed by atoms with Gasteiger partial charge in [0.05, 0.1) is 5.69 Å². The highest BCUT2D eigenvalue weighted by molar-refractivity contribution is 6.19. The lowest BCUT2D eigenvalue weighted by Gasteiger charge is -2.26. The highest BCUT2D eigenvalue weighted by Crippen LogP contribution is 2.45. The van der Waals surface area contributed by atoms with Crippen molar-refractivity contribution in [1.82, 2.24) is 0 Å². The zero-order chi connectivity index (χ0) is 34.6. The van der Waals surface area contributed by atoms with Gasteiger partial charge in [-0.25, -0.2) is 0 Å². The second kappa shape index (κ2) is 10.7. The van der Waals surface area contributed by atoms with Gasteiger partial charge in [0.25, 0.3) is 0 Å². The number of anilines is 3. The fourth-order valence-electron chi connectivity index (χ4n) is 8.69. The molecule has 0 radical (unpaired) electrons. The molecule has 0 N–H and O–H groups in total. The average molecular weight is 676 g/mol. The van der Waals surface area contributed by atoms with E-state index in [1.54, 1.807) is 0 Å². The molecule has 0 amide bonds. The Balaban J connectivity index is 1.13. The minimum absolute atomic E-state index is 0.864. The number of hydrogen-bond acceptors (Lipinski definition) is 3. The lowest BCUT2D eigenvalue weighted by Crippen LogP contribution is -2.10. The van der Waals surface area contributed by atoms with Crippen LogP contribution in [0, 0.1) is 0 Å². The van der Waals surface area contributed by atoms with Crippen molar-refractivity contribution >= 4 is 115 Å². The van der Waals surface area contributed by atoms with Crippen LogP contribution in [0.2, 0.25) is 0 Å². The van der Waals surface area contributed by atoms with Gasteiger partial charge in [-0.1, -0.05) is 121 Å². The molecule has 0 bridgehead atoms. The van der Waals surface area contributed by atoms with Crippen molar-refractivity contribution in [3.63, 3.8) is 0 Å². The summed E-state index contributed by atoms with van der Waals surface area (Å²) in [5.41, 5.74) is 6.67. The summed E-state index contributed by atoms with van der Waals surface area (Å²) in [7, 11) is 0. The molecular formula is C50H29NO2. The molecule has 0 saturated heterocycles. The number of furan rings is 2. The van der Waals surface area contributed by atoms with Crippen molar-refractivity contribution in [2.45, 2.75) is 0 Å². The van der Waals surface area contributed by atoms with Crippen LogP contribution in [0.4, 0.5) is 17.1 Å². The van der Waals surface area contributed by atoms with Crippen LogP contribution in [-0.4, -0.2) is 0 Å². The van der Waals surface area contributed by atoms with Crippen LogP contribution in [-0.2, 0) is 0 Å². The summed E-state index contributed by atoms with van der Waals surface area (Å²) in [4.78, 5) is 2.36. The summed E-state index contributed by atoms with van der Waals surface area (Å²) in [6.07, 6.45) is 0. The summed E-state index contributed by atoms with van der Waals surface area (Å²) < 4.78 is 13.0. The van der Waals surface area contributed by atoms with Gasteiger partial charge in [0.1, 0.15) is 16.7 Å². The van der Waals surface area contributed by atoms with Gasteiger partial charge < -0.3 is 13.7 Å². The molecule has 12 aromatic rings. The third-order valence-electron chi connectivity index (χ3n) is 11.2. The first-order chi connectivity index (χ1) is 26.2. The van der Waals surface area contributed by atoms with Crippen LogP contribution in [0.5, 0.6) is 0 Å². The Hall–Kier alpha value is -7.10. The topological polar surface area (TPSA) is 29.5 Å². The Morgan fingerprint density at radius 2 is 0.830 bits per heavy atom. The highest BCUT2D eigenvalue weighted by atomic mass is 16.3. The summed E-state index contributed by atoms with van der Waals surface area (Å²) in [6, 6.07) is 63.3. The molecule has 2 aromatic heterocycles. The second-order valence-corrected chi connectivity index (χ2v) is 14.1. The van der Waals surface area contributed by atoms with Crippen LogP contribution in [0.25, 0.3) is 97.7 Å². The zero-order valence-corrected chi connectivity index (χ0v) is 28.5. The molecule has 2 heterocycles. The van der Waals surface area contributed by atoms with Gasteiger partial charge in [-0.05, 0) is 108 Å². The Morgan fingerprint density at radius 1 is 0.283 bits per heavy atom. The number of nitrogens with zero attached hydrogens (tertiary/aromatic N) is 1.